The first-order valence-electron chi connectivity index (χ1n) is 17.8. The Hall–Kier alpha value is -4.15. The summed E-state index contributed by atoms with van der Waals surface area (Å²) in [5.41, 5.74) is 3.75. The van der Waals surface area contributed by atoms with E-state index < -0.39 is 79.8 Å². The van der Waals surface area contributed by atoms with Crippen LogP contribution in [0.1, 0.15) is 80.1 Å². The van der Waals surface area contributed by atoms with Gasteiger partial charge in [-0.3, -0.25) is 19.1 Å². The molecule has 54 heavy (non-hydrogen) atoms. The molecule has 5 rings (SSSR count). The molecule has 15 nitrogen and oxygen atoms in total. The second kappa shape index (κ2) is 17.1. The van der Waals surface area contributed by atoms with Gasteiger partial charge in [0.2, 0.25) is 27.7 Å². The van der Waals surface area contributed by atoms with Crippen molar-refractivity contribution in [1.29, 1.82) is 0 Å². The second-order valence-electron chi connectivity index (χ2n) is 15.5. The van der Waals surface area contributed by atoms with Gasteiger partial charge in [0.1, 0.15) is 29.0 Å². The number of hydrogen-bond acceptors (Lipinski definition) is 11. The fourth-order valence-corrected chi connectivity index (χ4v) is 7.62. The highest BCUT2D eigenvalue weighted by molar-refractivity contribution is 7.90. The number of benzene rings is 1. The van der Waals surface area contributed by atoms with Crippen LogP contribution in [0.4, 0.5) is 4.79 Å². The number of nitrogens with two attached hydrogens (primary N) is 1. The van der Waals surface area contributed by atoms with E-state index in [1.165, 1.54) is 11.0 Å². The number of nitrogens with one attached hydrogen (secondary N) is 2. The van der Waals surface area contributed by atoms with Crippen molar-refractivity contribution >= 4 is 57.1 Å². The van der Waals surface area contributed by atoms with Gasteiger partial charge in [0.15, 0.2) is 0 Å². The van der Waals surface area contributed by atoms with Crippen molar-refractivity contribution in [3.8, 4) is 11.6 Å². The third-order valence-corrected chi connectivity index (χ3v) is 12.1. The minimum atomic E-state index is -3.87. The maximum atomic E-state index is 13.9. The van der Waals surface area contributed by atoms with Gasteiger partial charge in [0.05, 0.1) is 24.9 Å². The summed E-state index contributed by atoms with van der Waals surface area (Å²) in [5.74, 6) is -1.27. The largest absolute Gasteiger partial charge is 0.506 e. The maximum Gasteiger partial charge on any atom is 0.506 e. The number of methoxy groups -OCH3 is 1. The van der Waals surface area contributed by atoms with Crippen LogP contribution in [0.5, 0.6) is 11.6 Å². The Kier molecular flexibility index (Phi) is 14.0. The minimum Gasteiger partial charge on any atom is -0.497 e. The highest BCUT2D eigenvalue weighted by atomic mass is 35.5. The first kappa shape index (κ1) is 44.2. The summed E-state index contributed by atoms with van der Waals surface area (Å²) in [7, 11) is -2.29. The molecule has 5 N–H and O–H groups in total. The van der Waals surface area contributed by atoms with E-state index in [1.807, 2.05) is 45.9 Å². The van der Waals surface area contributed by atoms with Crippen LogP contribution in [0.15, 0.2) is 43.1 Å². The van der Waals surface area contributed by atoms with Crippen molar-refractivity contribution in [2.75, 3.05) is 13.7 Å². The van der Waals surface area contributed by atoms with Gasteiger partial charge in [-0.05, 0) is 74.6 Å². The number of halogens is 1. The average Bonchev–Trinajstić information content (AvgIpc) is 3.61. The molecule has 0 spiro atoms. The van der Waals surface area contributed by atoms with Crippen molar-refractivity contribution in [1.82, 2.24) is 19.9 Å². The van der Waals surface area contributed by atoms with E-state index in [0.717, 1.165) is 17.2 Å². The summed E-state index contributed by atoms with van der Waals surface area (Å²) >= 11 is 0. The zero-order chi connectivity index (χ0) is 39.5. The van der Waals surface area contributed by atoms with Crippen LogP contribution in [0.25, 0.3) is 10.8 Å². The lowest BCUT2D eigenvalue weighted by Gasteiger charge is -2.33. The van der Waals surface area contributed by atoms with Crippen molar-refractivity contribution in [2.45, 2.75) is 115 Å². The summed E-state index contributed by atoms with van der Waals surface area (Å²) in [5, 5.41) is 11.9. The number of sulfonamides is 1. The molecule has 2 aliphatic carbocycles. The van der Waals surface area contributed by atoms with Gasteiger partial charge in [0.25, 0.3) is 5.91 Å². The Morgan fingerprint density at radius 1 is 1.17 bits per heavy atom. The average molecular weight is 796 g/mol. The highest BCUT2D eigenvalue weighted by Crippen LogP contribution is 2.45. The van der Waals surface area contributed by atoms with E-state index in [-0.39, 0.29) is 31.8 Å². The molecular formula is C37H54ClN5O10S. The molecule has 1 aromatic heterocycles. The van der Waals surface area contributed by atoms with Crippen LogP contribution in [0.3, 0.4) is 0 Å². The van der Waals surface area contributed by atoms with E-state index in [4.69, 9.17) is 20.3 Å². The molecule has 3 fully saturated rings. The molecule has 0 unspecified atom stereocenters. The second-order valence-corrected chi connectivity index (χ2v) is 17.5. The number of hydrogen-bond donors (Lipinski definition) is 4. The number of pyridine rings is 1. The lowest BCUT2D eigenvalue weighted by atomic mass is 9.86. The van der Waals surface area contributed by atoms with Gasteiger partial charge in [-0.2, -0.15) is 0 Å². The van der Waals surface area contributed by atoms with Gasteiger partial charge in [-0.1, -0.05) is 40.2 Å². The quantitative estimate of drug-likeness (QED) is 0.175. The molecule has 1 aliphatic heterocycles. The maximum absolute atomic E-state index is 13.9. The molecule has 0 bridgehead atoms. The molecular weight excluding hydrogens is 742 g/mol. The number of amides is 3. The van der Waals surface area contributed by atoms with Crippen LogP contribution in [-0.4, -0.2) is 95.5 Å². The molecule has 0 radical (unpaired) electrons. The summed E-state index contributed by atoms with van der Waals surface area (Å²) in [6.07, 6.45) is 4.07. The molecule has 17 heteroatoms. The molecule has 5 atom stereocenters. The van der Waals surface area contributed by atoms with E-state index in [1.54, 1.807) is 33.2 Å². The summed E-state index contributed by atoms with van der Waals surface area (Å²) in [6.45, 7) is 14.7. The predicted molar refractivity (Wildman–Crippen MR) is 205 cm³/mol. The van der Waals surface area contributed by atoms with Crippen LogP contribution >= 0.6 is 12.4 Å². The predicted octanol–water partition coefficient (Wildman–Crippen LogP) is 4.32. The Bertz CT molecular complexity index is 1830. The fraction of sp³-hybridized carbons (Fsp3) is 0.595. The van der Waals surface area contributed by atoms with E-state index in [0.29, 0.717) is 30.9 Å². The number of ether oxygens (including phenoxy) is 3. The fourth-order valence-electron chi connectivity index (χ4n) is 6.06. The number of aromatic nitrogens is 1. The molecule has 3 aliphatic rings. The summed E-state index contributed by atoms with van der Waals surface area (Å²) in [6, 6.07) is 5.38. The first-order valence-corrected chi connectivity index (χ1v) is 19.3. The van der Waals surface area contributed by atoms with Crippen LogP contribution in [-0.2, 0) is 29.1 Å². The lowest BCUT2D eigenvalue weighted by Crippen LogP contribution is -2.59. The summed E-state index contributed by atoms with van der Waals surface area (Å²) < 4.78 is 43.8. The zero-order valence-corrected chi connectivity index (χ0v) is 33.6. The molecule has 1 aromatic carbocycles. The zero-order valence-electron chi connectivity index (χ0n) is 31.9. The lowest BCUT2D eigenvalue weighted by molar-refractivity contribution is -0.142. The van der Waals surface area contributed by atoms with Gasteiger partial charge < -0.3 is 35.3 Å². The Morgan fingerprint density at radius 3 is 2.33 bits per heavy atom. The number of rotatable bonds is 12. The highest BCUT2D eigenvalue weighted by Gasteiger charge is 2.62. The van der Waals surface area contributed by atoms with Crippen LogP contribution in [0, 0.1) is 11.3 Å². The third-order valence-electron chi connectivity index (χ3n) is 10.3. The first-order chi connectivity index (χ1) is 24.7. The van der Waals surface area contributed by atoms with Gasteiger partial charge in [0, 0.05) is 23.9 Å². The molecule has 300 valence electrons. The monoisotopic (exact) mass is 795 g/mol. The SMILES string of the molecule is C=C[C@@H]1C[C@]1(NC(=O)[C@@H]1C[C@@H](Oc2nccc3cc(OC)ccc23)CN1C(=O)[C@@H](N)C(C)(C)C)C(=O)NS(=O)(=O)C1CCC1.CCC(C)(C)OC(=O)O.Cl. The van der Waals surface area contributed by atoms with E-state index in [2.05, 4.69) is 26.3 Å². The van der Waals surface area contributed by atoms with Gasteiger partial charge >= 0.3 is 6.16 Å². The van der Waals surface area contributed by atoms with Crippen molar-refractivity contribution in [2.24, 2.45) is 17.1 Å². The number of nitrogens with zero attached hydrogens (tertiary/aromatic N) is 2. The van der Waals surface area contributed by atoms with Gasteiger partial charge in [-0.15, -0.1) is 19.0 Å². The Labute approximate surface area is 323 Å². The third kappa shape index (κ3) is 10.1. The van der Waals surface area contributed by atoms with Crippen molar-refractivity contribution < 1.29 is 46.9 Å². The van der Waals surface area contributed by atoms with E-state index >= 15 is 0 Å². The number of likely N-dealkylation sites (tertiary alicyclic amines) is 1. The van der Waals surface area contributed by atoms with Crippen molar-refractivity contribution in [3.05, 3.63) is 43.1 Å². The summed E-state index contributed by atoms with van der Waals surface area (Å²) in [4.78, 5) is 56.7. The molecule has 2 heterocycles. The molecule has 2 aromatic rings. The number of carboxylic acid groups (broad SMARTS) is 1. The Morgan fingerprint density at radius 2 is 1.83 bits per heavy atom. The smallest absolute Gasteiger partial charge is 0.497 e. The number of carbonyl (C=O) groups excluding carboxylic acids is 3. The minimum absolute atomic E-state index is 0. The number of fused-ring (bicyclic) bond motifs is 1. The topological polar surface area (TPSA) is 217 Å². The van der Waals surface area contributed by atoms with Crippen LogP contribution < -0.4 is 25.2 Å². The van der Waals surface area contributed by atoms with Crippen molar-refractivity contribution in [3.63, 3.8) is 0 Å². The Balaban J connectivity index is 0.000000697. The standard InChI is InChI=1S/C31H41N5O7S.C6H12O3.ClH/c1-6-19-16-31(19,29(39)35-44(40,41)22-8-7-9-22)34-26(37)24-15-21(17-36(24)28(38)25(32)30(2,3)4)43-27-23-11-10-20(42-5)14-18(23)12-13-33-27;1-4-6(2,3)9-5(7)8;/h6,10-14,19,21-22,24-25H,1,7-9,15-17,32H2,2-5H3,(H,34,37)(H,35,39);4H2,1-3H3,(H,7,8);1H/t19-,21-,24+,25-,31-;;/m1../s1. The molecule has 2 saturated carbocycles. The molecule has 1 saturated heterocycles. The van der Waals surface area contributed by atoms with E-state index in [9.17, 15) is 27.6 Å². The van der Waals surface area contributed by atoms with Crippen LogP contribution in [0.2, 0.25) is 0 Å². The van der Waals surface area contributed by atoms with Gasteiger partial charge in [-0.25, -0.2) is 18.2 Å². The number of carbonyl (C=O) groups is 4. The molecule has 3 amide bonds. The normalized spacial score (nSPS) is 23.0.